The van der Waals surface area contributed by atoms with Gasteiger partial charge in [0.2, 0.25) is 0 Å². The van der Waals surface area contributed by atoms with Crippen molar-refractivity contribution in [3.05, 3.63) is 41.1 Å². The van der Waals surface area contributed by atoms with Crippen molar-refractivity contribution in [1.29, 1.82) is 0 Å². The standard InChI is InChI=1S/C15H16N2O/c1-2-4-12-10(3-1)5-8-13-14(17-18-15(12)13)9-16-11-6-7-11/h1-4,11,16H,5-9H2. The molecule has 0 spiro atoms. The molecule has 0 bridgehead atoms. The molecule has 3 nitrogen and oxygen atoms in total. The van der Waals surface area contributed by atoms with Crippen molar-refractivity contribution >= 4 is 0 Å². The molecule has 0 radical (unpaired) electrons. The van der Waals surface area contributed by atoms with Crippen molar-refractivity contribution in [2.45, 2.75) is 38.3 Å². The van der Waals surface area contributed by atoms with Gasteiger partial charge in [-0.2, -0.15) is 0 Å². The highest BCUT2D eigenvalue weighted by Gasteiger charge is 2.25. The summed E-state index contributed by atoms with van der Waals surface area (Å²) in [6.07, 6.45) is 4.77. The summed E-state index contributed by atoms with van der Waals surface area (Å²) >= 11 is 0. The van der Waals surface area contributed by atoms with Crippen molar-refractivity contribution in [3.8, 4) is 11.3 Å². The molecule has 1 aromatic carbocycles. The minimum absolute atomic E-state index is 0.716. The van der Waals surface area contributed by atoms with Gasteiger partial charge in [-0.15, -0.1) is 0 Å². The smallest absolute Gasteiger partial charge is 0.170 e. The number of hydrogen-bond acceptors (Lipinski definition) is 3. The van der Waals surface area contributed by atoms with Gasteiger partial charge in [-0.3, -0.25) is 0 Å². The van der Waals surface area contributed by atoms with Crippen LogP contribution in [0.4, 0.5) is 0 Å². The zero-order valence-corrected chi connectivity index (χ0v) is 10.3. The van der Waals surface area contributed by atoms with Gasteiger partial charge in [0.1, 0.15) is 5.69 Å². The number of hydrogen-bond donors (Lipinski definition) is 1. The molecule has 2 aliphatic carbocycles. The molecule has 92 valence electrons. The average Bonchev–Trinajstić information content (AvgIpc) is 3.15. The Hall–Kier alpha value is -1.61. The van der Waals surface area contributed by atoms with Crippen molar-refractivity contribution < 1.29 is 4.52 Å². The maximum absolute atomic E-state index is 5.58. The molecule has 0 unspecified atom stereocenters. The van der Waals surface area contributed by atoms with Crippen LogP contribution in [0.2, 0.25) is 0 Å². The molecule has 1 heterocycles. The van der Waals surface area contributed by atoms with Crippen molar-refractivity contribution in [1.82, 2.24) is 10.5 Å². The molecular weight excluding hydrogens is 224 g/mol. The molecule has 18 heavy (non-hydrogen) atoms. The molecule has 0 amide bonds. The van der Waals surface area contributed by atoms with E-state index in [0.717, 1.165) is 30.8 Å². The van der Waals surface area contributed by atoms with Crippen LogP contribution in [-0.4, -0.2) is 11.2 Å². The van der Waals surface area contributed by atoms with Crippen LogP contribution in [0.3, 0.4) is 0 Å². The predicted molar refractivity (Wildman–Crippen MR) is 69.2 cm³/mol. The Kier molecular flexibility index (Phi) is 2.27. The lowest BCUT2D eigenvalue weighted by atomic mass is 9.89. The van der Waals surface area contributed by atoms with Gasteiger partial charge in [-0.05, 0) is 31.2 Å². The zero-order chi connectivity index (χ0) is 11.9. The van der Waals surface area contributed by atoms with Gasteiger partial charge in [0.25, 0.3) is 0 Å². The lowest BCUT2D eigenvalue weighted by Gasteiger charge is -2.14. The second kappa shape index (κ2) is 3.95. The fourth-order valence-electron chi connectivity index (χ4n) is 2.70. The van der Waals surface area contributed by atoms with Crippen LogP contribution >= 0.6 is 0 Å². The predicted octanol–water partition coefficient (Wildman–Crippen LogP) is 2.69. The van der Waals surface area contributed by atoms with E-state index in [2.05, 4.69) is 34.7 Å². The molecule has 0 aliphatic heterocycles. The summed E-state index contributed by atoms with van der Waals surface area (Å²) in [5.74, 6) is 0.990. The lowest BCUT2D eigenvalue weighted by Crippen LogP contribution is -2.17. The topological polar surface area (TPSA) is 38.1 Å². The van der Waals surface area contributed by atoms with Crippen LogP contribution in [-0.2, 0) is 19.4 Å². The fourth-order valence-corrected chi connectivity index (χ4v) is 2.70. The maximum Gasteiger partial charge on any atom is 0.170 e. The molecule has 2 aliphatic rings. The van der Waals surface area contributed by atoms with Crippen LogP contribution < -0.4 is 5.32 Å². The fraction of sp³-hybridized carbons (Fsp3) is 0.400. The molecule has 1 fully saturated rings. The number of nitrogens with one attached hydrogen (secondary N) is 1. The third-order valence-electron chi connectivity index (χ3n) is 3.91. The Labute approximate surface area is 106 Å². The van der Waals surface area contributed by atoms with E-state index in [1.165, 1.54) is 29.5 Å². The third kappa shape index (κ3) is 1.66. The molecule has 3 heteroatoms. The van der Waals surface area contributed by atoms with Gasteiger partial charge in [0, 0.05) is 23.7 Å². The second-order valence-electron chi connectivity index (χ2n) is 5.25. The monoisotopic (exact) mass is 240 g/mol. The molecule has 4 rings (SSSR count). The molecular formula is C15H16N2O. The van der Waals surface area contributed by atoms with Gasteiger partial charge in [-0.25, -0.2) is 0 Å². The van der Waals surface area contributed by atoms with E-state index in [-0.39, 0.29) is 0 Å². The highest BCUT2D eigenvalue weighted by Crippen LogP contribution is 2.35. The molecule has 0 atom stereocenters. The highest BCUT2D eigenvalue weighted by atomic mass is 16.5. The first-order valence-electron chi connectivity index (χ1n) is 6.71. The zero-order valence-electron chi connectivity index (χ0n) is 10.3. The molecule has 1 N–H and O–H groups in total. The Morgan fingerprint density at radius 2 is 2.11 bits per heavy atom. The van der Waals surface area contributed by atoms with Crippen LogP contribution in [0.15, 0.2) is 28.8 Å². The summed E-state index contributed by atoms with van der Waals surface area (Å²) < 4.78 is 5.58. The minimum Gasteiger partial charge on any atom is -0.356 e. The van der Waals surface area contributed by atoms with Crippen LogP contribution in [0.5, 0.6) is 0 Å². The number of fused-ring (bicyclic) bond motifs is 3. The van der Waals surface area contributed by atoms with Crippen molar-refractivity contribution in [2.24, 2.45) is 0 Å². The van der Waals surface area contributed by atoms with Gasteiger partial charge >= 0.3 is 0 Å². The summed E-state index contributed by atoms with van der Waals surface area (Å²) in [7, 11) is 0. The summed E-state index contributed by atoms with van der Waals surface area (Å²) in [6, 6.07) is 9.20. The summed E-state index contributed by atoms with van der Waals surface area (Å²) in [4.78, 5) is 0. The number of aromatic nitrogens is 1. The van der Waals surface area contributed by atoms with E-state index in [1.54, 1.807) is 0 Å². The first-order valence-corrected chi connectivity index (χ1v) is 6.71. The van der Waals surface area contributed by atoms with Crippen LogP contribution in [0.25, 0.3) is 11.3 Å². The Morgan fingerprint density at radius 3 is 3.00 bits per heavy atom. The van der Waals surface area contributed by atoms with E-state index < -0.39 is 0 Å². The summed E-state index contributed by atoms with van der Waals surface area (Å²) in [5, 5.41) is 7.77. The van der Waals surface area contributed by atoms with E-state index >= 15 is 0 Å². The maximum atomic E-state index is 5.58. The van der Waals surface area contributed by atoms with Crippen LogP contribution in [0, 0.1) is 0 Å². The van der Waals surface area contributed by atoms with E-state index in [4.69, 9.17) is 4.52 Å². The lowest BCUT2D eigenvalue weighted by molar-refractivity contribution is 0.419. The largest absolute Gasteiger partial charge is 0.356 e. The molecule has 0 saturated heterocycles. The quantitative estimate of drug-likeness (QED) is 0.896. The van der Waals surface area contributed by atoms with Crippen molar-refractivity contribution in [2.75, 3.05) is 0 Å². The van der Waals surface area contributed by atoms with E-state index in [1.807, 2.05) is 0 Å². The molecule has 1 aromatic heterocycles. The van der Waals surface area contributed by atoms with Gasteiger partial charge in [0.15, 0.2) is 5.76 Å². The van der Waals surface area contributed by atoms with Gasteiger partial charge in [-0.1, -0.05) is 29.4 Å². The minimum atomic E-state index is 0.716. The normalized spacial score (nSPS) is 17.3. The second-order valence-corrected chi connectivity index (χ2v) is 5.25. The van der Waals surface area contributed by atoms with E-state index in [9.17, 15) is 0 Å². The summed E-state index contributed by atoms with van der Waals surface area (Å²) in [6.45, 7) is 0.853. The van der Waals surface area contributed by atoms with Gasteiger partial charge in [0.05, 0.1) is 0 Å². The van der Waals surface area contributed by atoms with Crippen LogP contribution in [0.1, 0.15) is 29.7 Å². The molecule has 1 saturated carbocycles. The Morgan fingerprint density at radius 1 is 1.22 bits per heavy atom. The highest BCUT2D eigenvalue weighted by molar-refractivity contribution is 5.68. The first kappa shape index (κ1) is 10.3. The van der Waals surface area contributed by atoms with Gasteiger partial charge < -0.3 is 9.84 Å². The van der Waals surface area contributed by atoms with E-state index in [0.29, 0.717) is 6.04 Å². The van der Waals surface area contributed by atoms with Crippen molar-refractivity contribution in [3.63, 3.8) is 0 Å². The number of nitrogens with zero attached hydrogens (tertiary/aromatic N) is 1. The Balaban J connectivity index is 1.68. The summed E-state index contributed by atoms with van der Waals surface area (Å²) in [5.41, 5.74) is 5.01. The third-order valence-corrected chi connectivity index (χ3v) is 3.91. The molecule has 2 aromatic rings. The first-order chi connectivity index (χ1) is 8.92. The number of rotatable bonds is 3. The average molecular weight is 240 g/mol. The number of aryl methyl sites for hydroxylation is 1. The Bertz CT molecular complexity index is 584. The number of benzene rings is 1. The SMILES string of the molecule is c1ccc2c(c1)CCc1c(CNC3CC3)noc1-2.